The molecule has 8 heteroatoms. The molecule has 3 rings (SSSR count). The molecule has 0 aromatic heterocycles. The number of hydrogen-bond donors (Lipinski definition) is 2. The first-order valence-electron chi connectivity index (χ1n) is 9.57. The van der Waals surface area contributed by atoms with Gasteiger partial charge in [0, 0.05) is 33.2 Å². The number of sulfonamides is 1. The number of hydrogen-bond acceptors (Lipinski definition) is 4. The van der Waals surface area contributed by atoms with Crippen molar-refractivity contribution in [3.8, 4) is 5.75 Å². The van der Waals surface area contributed by atoms with Crippen molar-refractivity contribution in [2.45, 2.75) is 36.9 Å². The molecule has 0 atom stereocenters. The van der Waals surface area contributed by atoms with E-state index < -0.39 is 10.0 Å². The van der Waals surface area contributed by atoms with E-state index in [1.54, 1.807) is 26.3 Å². The zero-order chi connectivity index (χ0) is 20.9. The molecule has 0 amide bonds. The largest absolute Gasteiger partial charge is 0.497 e. The Bertz CT molecular complexity index is 937. The monoisotopic (exact) mass is 416 g/mol. The molecule has 0 spiro atoms. The second-order valence-corrected chi connectivity index (χ2v) is 8.86. The smallest absolute Gasteiger partial charge is 0.240 e. The number of aliphatic imine (C=N–C) groups is 1. The van der Waals surface area contributed by atoms with Crippen LogP contribution in [0.5, 0.6) is 5.75 Å². The molecule has 1 aliphatic rings. The molecule has 0 unspecified atom stereocenters. The van der Waals surface area contributed by atoms with Gasteiger partial charge in [-0.25, -0.2) is 13.1 Å². The third-order valence-corrected chi connectivity index (χ3v) is 6.27. The summed E-state index contributed by atoms with van der Waals surface area (Å²) in [6, 6.07) is 15.0. The molecule has 0 heterocycles. The van der Waals surface area contributed by atoms with Crippen molar-refractivity contribution in [1.82, 2.24) is 14.9 Å². The van der Waals surface area contributed by atoms with E-state index in [-0.39, 0.29) is 6.04 Å². The molecule has 0 bridgehead atoms. The first kappa shape index (κ1) is 21.1. The van der Waals surface area contributed by atoms with Gasteiger partial charge in [0.1, 0.15) is 5.75 Å². The van der Waals surface area contributed by atoms with Gasteiger partial charge in [0.05, 0.1) is 12.0 Å². The van der Waals surface area contributed by atoms with Crippen LogP contribution in [0.2, 0.25) is 0 Å². The van der Waals surface area contributed by atoms with Gasteiger partial charge < -0.3 is 15.0 Å². The van der Waals surface area contributed by atoms with E-state index in [1.807, 2.05) is 48.3 Å². The number of nitrogens with zero attached hydrogens (tertiary/aromatic N) is 2. The molecule has 2 aromatic carbocycles. The summed E-state index contributed by atoms with van der Waals surface area (Å²) in [6.07, 6.45) is 1.84. The van der Waals surface area contributed by atoms with Crippen molar-refractivity contribution in [2.24, 2.45) is 4.99 Å². The van der Waals surface area contributed by atoms with Gasteiger partial charge in [-0.05, 0) is 48.2 Å². The summed E-state index contributed by atoms with van der Waals surface area (Å²) >= 11 is 0. The van der Waals surface area contributed by atoms with Crippen molar-refractivity contribution >= 4 is 16.0 Å². The first-order chi connectivity index (χ1) is 13.9. The van der Waals surface area contributed by atoms with Crippen LogP contribution in [-0.4, -0.2) is 46.5 Å². The van der Waals surface area contributed by atoms with Gasteiger partial charge >= 0.3 is 0 Å². The van der Waals surface area contributed by atoms with Crippen molar-refractivity contribution in [1.29, 1.82) is 0 Å². The van der Waals surface area contributed by atoms with Crippen LogP contribution in [0.25, 0.3) is 0 Å². The molecule has 2 N–H and O–H groups in total. The van der Waals surface area contributed by atoms with Crippen LogP contribution in [0.1, 0.15) is 24.0 Å². The van der Waals surface area contributed by atoms with Crippen molar-refractivity contribution in [2.75, 3.05) is 21.2 Å². The predicted molar refractivity (Wildman–Crippen MR) is 114 cm³/mol. The maximum absolute atomic E-state index is 12.2. The fourth-order valence-corrected chi connectivity index (χ4v) is 4.23. The molecule has 29 heavy (non-hydrogen) atoms. The van der Waals surface area contributed by atoms with Gasteiger partial charge in [-0.1, -0.05) is 24.3 Å². The topological polar surface area (TPSA) is 83.0 Å². The maximum Gasteiger partial charge on any atom is 0.240 e. The standard InChI is InChI=1S/C21H28N4O3S/c1-22-21(25(2)15-17-4-10-19(28-3)11-5-17)23-14-16-6-12-20(13-7-16)29(26,27)24-18-8-9-18/h4-7,10-13,18,24H,8-9,14-15H2,1-3H3,(H,22,23). The van der Waals surface area contributed by atoms with Crippen LogP contribution in [0.15, 0.2) is 58.4 Å². The van der Waals surface area contributed by atoms with Gasteiger partial charge in [-0.15, -0.1) is 0 Å². The first-order valence-corrected chi connectivity index (χ1v) is 11.1. The molecule has 0 saturated heterocycles. The lowest BCUT2D eigenvalue weighted by Gasteiger charge is -2.22. The predicted octanol–water partition coefficient (Wildman–Crippen LogP) is 2.34. The highest BCUT2D eigenvalue weighted by molar-refractivity contribution is 7.89. The third kappa shape index (κ3) is 5.95. The fraction of sp³-hybridized carbons (Fsp3) is 0.381. The molecule has 0 radical (unpaired) electrons. The average Bonchev–Trinajstić information content (AvgIpc) is 3.52. The summed E-state index contributed by atoms with van der Waals surface area (Å²) in [6.45, 7) is 1.25. The number of ether oxygens (including phenoxy) is 1. The summed E-state index contributed by atoms with van der Waals surface area (Å²) in [5.74, 6) is 1.59. The Morgan fingerprint density at radius 3 is 2.28 bits per heavy atom. The molecule has 2 aromatic rings. The SMILES string of the molecule is CN=C(NCc1ccc(S(=O)(=O)NC2CC2)cc1)N(C)Cc1ccc(OC)cc1. The molecule has 156 valence electrons. The van der Waals surface area contributed by atoms with Crippen LogP contribution in [0.4, 0.5) is 0 Å². The Hall–Kier alpha value is -2.58. The summed E-state index contributed by atoms with van der Waals surface area (Å²) in [4.78, 5) is 6.66. The summed E-state index contributed by atoms with van der Waals surface area (Å²) < 4.78 is 32.4. The normalized spacial score (nSPS) is 14.5. The van der Waals surface area contributed by atoms with Gasteiger partial charge in [0.2, 0.25) is 10.0 Å². The van der Waals surface area contributed by atoms with Crippen LogP contribution in [-0.2, 0) is 23.1 Å². The highest BCUT2D eigenvalue weighted by atomic mass is 32.2. The average molecular weight is 417 g/mol. The Balaban J connectivity index is 1.55. The summed E-state index contributed by atoms with van der Waals surface area (Å²) in [7, 11) is 1.95. The zero-order valence-corrected chi connectivity index (χ0v) is 17.9. The minimum absolute atomic E-state index is 0.103. The van der Waals surface area contributed by atoms with Gasteiger partial charge in [-0.2, -0.15) is 0 Å². The van der Waals surface area contributed by atoms with Crippen molar-refractivity contribution in [3.63, 3.8) is 0 Å². The van der Waals surface area contributed by atoms with E-state index in [1.165, 1.54) is 0 Å². The molecule has 0 aliphatic heterocycles. The van der Waals surface area contributed by atoms with Gasteiger partial charge in [0.25, 0.3) is 0 Å². The second kappa shape index (κ2) is 9.28. The Kier molecular flexibility index (Phi) is 6.76. The molecular weight excluding hydrogens is 388 g/mol. The molecular formula is C21H28N4O3S. The highest BCUT2D eigenvalue weighted by Gasteiger charge is 2.27. The lowest BCUT2D eigenvalue weighted by Crippen LogP contribution is -2.38. The van der Waals surface area contributed by atoms with E-state index in [2.05, 4.69) is 15.0 Å². The zero-order valence-electron chi connectivity index (χ0n) is 17.1. The lowest BCUT2D eigenvalue weighted by atomic mass is 10.2. The lowest BCUT2D eigenvalue weighted by molar-refractivity contribution is 0.414. The number of benzene rings is 2. The van der Waals surface area contributed by atoms with Gasteiger partial charge in [0.15, 0.2) is 5.96 Å². The minimum atomic E-state index is -3.41. The van der Waals surface area contributed by atoms with E-state index in [0.29, 0.717) is 18.0 Å². The number of rotatable bonds is 8. The van der Waals surface area contributed by atoms with Crippen molar-refractivity contribution in [3.05, 3.63) is 59.7 Å². The number of nitrogens with one attached hydrogen (secondary N) is 2. The van der Waals surface area contributed by atoms with E-state index >= 15 is 0 Å². The van der Waals surface area contributed by atoms with Crippen LogP contribution in [0.3, 0.4) is 0 Å². The van der Waals surface area contributed by atoms with E-state index in [4.69, 9.17) is 4.74 Å². The van der Waals surface area contributed by atoms with Gasteiger partial charge in [-0.3, -0.25) is 4.99 Å². The Morgan fingerprint density at radius 2 is 1.72 bits per heavy atom. The molecule has 1 fully saturated rings. The third-order valence-electron chi connectivity index (χ3n) is 4.74. The molecule has 7 nitrogen and oxygen atoms in total. The number of methoxy groups -OCH3 is 1. The summed E-state index contributed by atoms with van der Waals surface area (Å²) in [5.41, 5.74) is 2.13. The Morgan fingerprint density at radius 1 is 1.10 bits per heavy atom. The quantitative estimate of drug-likeness (QED) is 0.510. The molecule has 1 saturated carbocycles. The van der Waals surface area contributed by atoms with E-state index in [9.17, 15) is 8.42 Å². The summed E-state index contributed by atoms with van der Waals surface area (Å²) in [5, 5.41) is 3.31. The van der Waals surface area contributed by atoms with Crippen LogP contribution < -0.4 is 14.8 Å². The van der Waals surface area contributed by atoms with Crippen LogP contribution in [0, 0.1) is 0 Å². The van der Waals surface area contributed by atoms with Crippen LogP contribution >= 0.6 is 0 Å². The fourth-order valence-electron chi connectivity index (χ4n) is 2.92. The number of guanidine groups is 1. The minimum Gasteiger partial charge on any atom is -0.497 e. The van der Waals surface area contributed by atoms with E-state index in [0.717, 1.165) is 35.7 Å². The molecule has 1 aliphatic carbocycles. The van der Waals surface area contributed by atoms with Crippen molar-refractivity contribution < 1.29 is 13.2 Å². The Labute approximate surface area is 172 Å². The second-order valence-electron chi connectivity index (χ2n) is 7.14. The maximum atomic E-state index is 12.2. The highest BCUT2D eigenvalue weighted by Crippen LogP contribution is 2.22.